The van der Waals surface area contributed by atoms with Crippen molar-refractivity contribution in [2.75, 3.05) is 0 Å². The van der Waals surface area contributed by atoms with Gasteiger partial charge in [-0.2, -0.15) is 0 Å². The highest BCUT2D eigenvalue weighted by Gasteiger charge is 2.41. The molecular weight excluding hydrogens is 202 g/mol. The van der Waals surface area contributed by atoms with Gasteiger partial charge in [-0.15, -0.1) is 0 Å². The SMILES string of the molecule is CC1CC(O)(c2cncc(OC(C)C)c2)C1. The summed E-state index contributed by atoms with van der Waals surface area (Å²) < 4.78 is 5.57. The highest BCUT2D eigenvalue weighted by Crippen LogP contribution is 2.45. The van der Waals surface area contributed by atoms with Crippen LogP contribution in [0.2, 0.25) is 0 Å². The summed E-state index contributed by atoms with van der Waals surface area (Å²) in [5.41, 5.74) is 0.201. The van der Waals surface area contributed by atoms with Crippen molar-refractivity contribution in [3.8, 4) is 5.75 Å². The van der Waals surface area contributed by atoms with Crippen LogP contribution in [0.3, 0.4) is 0 Å². The molecule has 1 N–H and O–H groups in total. The minimum Gasteiger partial charge on any atom is -0.489 e. The molecule has 88 valence electrons. The Morgan fingerprint density at radius 2 is 2.12 bits per heavy atom. The van der Waals surface area contributed by atoms with Crippen molar-refractivity contribution in [3.05, 3.63) is 24.0 Å². The third kappa shape index (κ3) is 2.19. The van der Waals surface area contributed by atoms with E-state index in [4.69, 9.17) is 4.74 Å². The molecule has 1 fully saturated rings. The predicted molar refractivity (Wildman–Crippen MR) is 62.3 cm³/mol. The lowest BCUT2D eigenvalue weighted by Gasteiger charge is -2.42. The zero-order valence-corrected chi connectivity index (χ0v) is 10.1. The summed E-state index contributed by atoms with van der Waals surface area (Å²) in [6, 6.07) is 1.90. The van der Waals surface area contributed by atoms with Gasteiger partial charge in [0.15, 0.2) is 0 Å². The average molecular weight is 221 g/mol. The molecule has 3 heteroatoms. The molecular formula is C13H19NO2. The van der Waals surface area contributed by atoms with Gasteiger partial charge in [0.1, 0.15) is 5.75 Å². The minimum atomic E-state index is -0.678. The van der Waals surface area contributed by atoms with Gasteiger partial charge in [-0.3, -0.25) is 4.98 Å². The summed E-state index contributed by atoms with van der Waals surface area (Å²) in [6.45, 7) is 6.11. The maximum atomic E-state index is 10.3. The van der Waals surface area contributed by atoms with Crippen LogP contribution >= 0.6 is 0 Å². The second-order valence-electron chi connectivity index (χ2n) is 5.12. The van der Waals surface area contributed by atoms with Crippen LogP contribution in [0.5, 0.6) is 5.75 Å². The molecule has 0 amide bonds. The minimum absolute atomic E-state index is 0.131. The first-order valence-electron chi connectivity index (χ1n) is 5.84. The van der Waals surface area contributed by atoms with E-state index in [0.717, 1.165) is 24.2 Å². The van der Waals surface area contributed by atoms with Crippen LogP contribution in [0.25, 0.3) is 0 Å². The molecule has 1 aliphatic rings. The summed E-state index contributed by atoms with van der Waals surface area (Å²) in [4.78, 5) is 4.13. The van der Waals surface area contributed by atoms with Gasteiger partial charge in [-0.1, -0.05) is 6.92 Å². The Morgan fingerprint density at radius 3 is 2.69 bits per heavy atom. The third-order valence-corrected chi connectivity index (χ3v) is 2.99. The van der Waals surface area contributed by atoms with Crippen molar-refractivity contribution in [1.82, 2.24) is 4.98 Å². The van der Waals surface area contributed by atoms with Crippen molar-refractivity contribution in [3.63, 3.8) is 0 Å². The smallest absolute Gasteiger partial charge is 0.138 e. The number of nitrogens with zero attached hydrogens (tertiary/aromatic N) is 1. The van der Waals surface area contributed by atoms with Gasteiger partial charge in [-0.05, 0) is 38.7 Å². The first-order valence-corrected chi connectivity index (χ1v) is 5.84. The molecule has 2 rings (SSSR count). The van der Waals surface area contributed by atoms with Crippen LogP contribution in [-0.2, 0) is 5.60 Å². The Hall–Kier alpha value is -1.09. The van der Waals surface area contributed by atoms with E-state index in [2.05, 4.69) is 11.9 Å². The second-order valence-corrected chi connectivity index (χ2v) is 5.12. The lowest BCUT2D eigenvalue weighted by Crippen LogP contribution is -2.39. The first kappa shape index (κ1) is 11.4. The third-order valence-electron chi connectivity index (χ3n) is 2.99. The molecule has 0 saturated heterocycles. The number of pyridine rings is 1. The molecule has 1 saturated carbocycles. The predicted octanol–water partition coefficient (Wildman–Crippen LogP) is 2.49. The number of ether oxygens (including phenoxy) is 1. The highest BCUT2D eigenvalue weighted by atomic mass is 16.5. The molecule has 1 heterocycles. The molecule has 3 nitrogen and oxygen atoms in total. The molecule has 0 aliphatic heterocycles. The summed E-state index contributed by atoms with van der Waals surface area (Å²) in [5.74, 6) is 1.33. The van der Waals surface area contributed by atoms with Gasteiger partial charge in [0.25, 0.3) is 0 Å². The molecule has 1 aliphatic carbocycles. The van der Waals surface area contributed by atoms with Crippen LogP contribution in [0.15, 0.2) is 18.5 Å². The molecule has 0 spiro atoms. The van der Waals surface area contributed by atoms with Gasteiger partial charge < -0.3 is 9.84 Å². The van der Waals surface area contributed by atoms with Crippen molar-refractivity contribution in [2.24, 2.45) is 5.92 Å². The van der Waals surface area contributed by atoms with E-state index in [0.29, 0.717) is 5.92 Å². The Balaban J connectivity index is 2.16. The van der Waals surface area contributed by atoms with Crippen molar-refractivity contribution >= 4 is 0 Å². The average Bonchev–Trinajstić information content (AvgIpc) is 2.15. The Bertz CT molecular complexity index is 370. The number of rotatable bonds is 3. The maximum Gasteiger partial charge on any atom is 0.138 e. The van der Waals surface area contributed by atoms with Crippen LogP contribution in [0.4, 0.5) is 0 Å². The fourth-order valence-electron chi connectivity index (χ4n) is 2.34. The fourth-order valence-corrected chi connectivity index (χ4v) is 2.34. The van der Waals surface area contributed by atoms with Gasteiger partial charge in [0.05, 0.1) is 17.9 Å². The molecule has 0 aromatic carbocycles. The van der Waals surface area contributed by atoms with Gasteiger partial charge in [0.2, 0.25) is 0 Å². The van der Waals surface area contributed by atoms with E-state index < -0.39 is 5.60 Å². The number of hydrogen-bond acceptors (Lipinski definition) is 3. The van der Waals surface area contributed by atoms with Crippen molar-refractivity contribution in [2.45, 2.75) is 45.3 Å². The van der Waals surface area contributed by atoms with Crippen molar-refractivity contribution in [1.29, 1.82) is 0 Å². The van der Waals surface area contributed by atoms with Crippen molar-refractivity contribution < 1.29 is 9.84 Å². The normalized spacial score (nSPS) is 28.9. The lowest BCUT2D eigenvalue weighted by atomic mass is 9.69. The second kappa shape index (κ2) is 4.06. The first-order chi connectivity index (χ1) is 7.49. The number of hydrogen-bond donors (Lipinski definition) is 1. The molecule has 0 bridgehead atoms. The molecule has 16 heavy (non-hydrogen) atoms. The van der Waals surface area contributed by atoms with E-state index in [-0.39, 0.29) is 6.10 Å². The topological polar surface area (TPSA) is 42.4 Å². The van der Waals surface area contributed by atoms with Gasteiger partial charge in [-0.25, -0.2) is 0 Å². The standard InChI is InChI=1S/C13H19NO2/c1-9(2)16-12-4-11(7-14-8-12)13(15)5-10(3)6-13/h4,7-10,15H,5-6H2,1-3H3. The summed E-state index contributed by atoms with van der Waals surface area (Å²) >= 11 is 0. The number of aromatic nitrogens is 1. The van der Waals surface area contributed by atoms with Crippen LogP contribution in [-0.4, -0.2) is 16.2 Å². The van der Waals surface area contributed by atoms with Gasteiger partial charge in [0, 0.05) is 11.8 Å². The molecule has 0 unspecified atom stereocenters. The molecule has 1 aromatic rings. The highest BCUT2D eigenvalue weighted by molar-refractivity contribution is 5.30. The number of aliphatic hydroxyl groups is 1. The molecule has 0 radical (unpaired) electrons. The zero-order valence-electron chi connectivity index (χ0n) is 10.1. The van der Waals surface area contributed by atoms with E-state index in [1.165, 1.54) is 0 Å². The van der Waals surface area contributed by atoms with E-state index in [9.17, 15) is 5.11 Å². The quantitative estimate of drug-likeness (QED) is 0.852. The Kier molecular flexibility index (Phi) is 2.89. The summed E-state index contributed by atoms with van der Waals surface area (Å²) in [6.07, 6.45) is 5.19. The zero-order chi connectivity index (χ0) is 11.8. The van der Waals surface area contributed by atoms with Gasteiger partial charge >= 0.3 is 0 Å². The van der Waals surface area contributed by atoms with E-state index in [1.807, 2.05) is 19.9 Å². The maximum absolute atomic E-state index is 10.3. The Morgan fingerprint density at radius 1 is 1.44 bits per heavy atom. The summed E-state index contributed by atoms with van der Waals surface area (Å²) in [7, 11) is 0. The van der Waals surface area contributed by atoms with Crippen LogP contribution < -0.4 is 4.74 Å². The van der Waals surface area contributed by atoms with Crippen LogP contribution in [0.1, 0.15) is 39.2 Å². The molecule has 0 atom stereocenters. The lowest BCUT2D eigenvalue weighted by molar-refractivity contribution is -0.0742. The molecule has 1 aromatic heterocycles. The monoisotopic (exact) mass is 221 g/mol. The van der Waals surface area contributed by atoms with Crippen LogP contribution in [0, 0.1) is 5.92 Å². The Labute approximate surface area is 96.5 Å². The fraction of sp³-hybridized carbons (Fsp3) is 0.615. The van der Waals surface area contributed by atoms with E-state index >= 15 is 0 Å². The summed E-state index contributed by atoms with van der Waals surface area (Å²) in [5, 5.41) is 10.3. The largest absolute Gasteiger partial charge is 0.489 e. The van der Waals surface area contributed by atoms with E-state index in [1.54, 1.807) is 12.4 Å².